The summed E-state index contributed by atoms with van der Waals surface area (Å²) in [6, 6.07) is 21.1. The number of carbonyl (C=O) groups excluding carboxylic acids is 1. The van der Waals surface area contributed by atoms with Gasteiger partial charge >= 0.3 is 0 Å². The van der Waals surface area contributed by atoms with Gasteiger partial charge in [0.25, 0.3) is 5.91 Å². The van der Waals surface area contributed by atoms with E-state index >= 15 is 0 Å². The Balaban J connectivity index is 1.84. The summed E-state index contributed by atoms with van der Waals surface area (Å²) in [5, 5.41) is 0. The monoisotopic (exact) mass is 325 g/mol. The van der Waals surface area contributed by atoms with Crippen LogP contribution >= 0.6 is 0 Å². The van der Waals surface area contributed by atoms with Crippen molar-refractivity contribution in [1.29, 1.82) is 0 Å². The second-order valence-corrected chi connectivity index (χ2v) is 7.10. The molecule has 1 amide bonds. The summed E-state index contributed by atoms with van der Waals surface area (Å²) < 4.78 is 0. The van der Waals surface area contributed by atoms with Crippen LogP contribution in [0.15, 0.2) is 60.7 Å². The van der Waals surface area contributed by atoms with Gasteiger partial charge in [0.2, 0.25) is 0 Å². The molecule has 5 rings (SSSR count). The van der Waals surface area contributed by atoms with Crippen molar-refractivity contribution in [2.24, 2.45) is 0 Å². The number of amides is 1. The fraction of sp³-hybridized carbons (Fsp3) is 0.174. The quantitative estimate of drug-likeness (QED) is 0.568. The zero-order valence-electron chi connectivity index (χ0n) is 14.4. The first kappa shape index (κ1) is 14.5. The van der Waals surface area contributed by atoms with Crippen LogP contribution in [0.5, 0.6) is 0 Å². The molecule has 0 radical (unpaired) electrons. The summed E-state index contributed by atoms with van der Waals surface area (Å²) in [7, 11) is 0. The molecule has 2 heteroatoms. The van der Waals surface area contributed by atoms with Crippen LogP contribution in [0.1, 0.15) is 44.2 Å². The van der Waals surface area contributed by atoms with E-state index in [4.69, 9.17) is 0 Å². The SMILES string of the molecule is Cc1cc2c(cc1C)-c1ccccc1C1c3ccccc3C(=O)N1C2. The van der Waals surface area contributed by atoms with Gasteiger partial charge in [-0.25, -0.2) is 0 Å². The lowest BCUT2D eigenvalue weighted by Gasteiger charge is -2.24. The first-order valence-corrected chi connectivity index (χ1v) is 8.74. The van der Waals surface area contributed by atoms with Crippen molar-refractivity contribution in [3.8, 4) is 11.1 Å². The normalized spacial score (nSPS) is 17.4. The molecule has 0 fully saturated rings. The molecule has 3 aromatic carbocycles. The number of fused-ring (bicyclic) bond motifs is 7. The van der Waals surface area contributed by atoms with Gasteiger partial charge in [-0.2, -0.15) is 0 Å². The Morgan fingerprint density at radius 2 is 1.40 bits per heavy atom. The maximum absolute atomic E-state index is 13.1. The van der Waals surface area contributed by atoms with Crippen LogP contribution in [0.2, 0.25) is 0 Å². The first-order chi connectivity index (χ1) is 12.1. The number of hydrogen-bond acceptors (Lipinski definition) is 1. The average Bonchev–Trinajstić information content (AvgIpc) is 2.82. The van der Waals surface area contributed by atoms with Gasteiger partial charge in [-0.05, 0) is 58.9 Å². The molecule has 0 saturated carbocycles. The highest BCUT2D eigenvalue weighted by Crippen LogP contribution is 2.46. The largest absolute Gasteiger partial charge is 0.323 e. The number of carbonyl (C=O) groups is 1. The smallest absolute Gasteiger partial charge is 0.255 e. The van der Waals surface area contributed by atoms with Crippen LogP contribution in [-0.4, -0.2) is 10.8 Å². The van der Waals surface area contributed by atoms with Crippen molar-refractivity contribution < 1.29 is 4.79 Å². The molecule has 2 aliphatic heterocycles. The first-order valence-electron chi connectivity index (χ1n) is 8.74. The second kappa shape index (κ2) is 5.06. The zero-order chi connectivity index (χ0) is 17.1. The van der Waals surface area contributed by atoms with Crippen molar-refractivity contribution in [1.82, 2.24) is 4.90 Å². The number of nitrogens with zero attached hydrogens (tertiary/aromatic N) is 1. The van der Waals surface area contributed by atoms with Gasteiger partial charge in [-0.1, -0.05) is 54.6 Å². The van der Waals surface area contributed by atoms with Crippen LogP contribution in [0.3, 0.4) is 0 Å². The molecular weight excluding hydrogens is 306 g/mol. The third kappa shape index (κ3) is 1.94. The average molecular weight is 325 g/mol. The molecule has 1 atom stereocenters. The van der Waals surface area contributed by atoms with Crippen molar-refractivity contribution in [3.05, 3.63) is 94.0 Å². The van der Waals surface area contributed by atoms with Crippen molar-refractivity contribution in [2.75, 3.05) is 0 Å². The van der Waals surface area contributed by atoms with Crippen LogP contribution < -0.4 is 0 Å². The van der Waals surface area contributed by atoms with Crippen molar-refractivity contribution >= 4 is 5.91 Å². The molecule has 0 aromatic heterocycles. The van der Waals surface area contributed by atoms with Crippen LogP contribution in [0.4, 0.5) is 0 Å². The van der Waals surface area contributed by atoms with Crippen LogP contribution in [0, 0.1) is 13.8 Å². The molecule has 0 saturated heterocycles. The molecule has 0 spiro atoms. The van der Waals surface area contributed by atoms with Gasteiger partial charge in [0.05, 0.1) is 6.04 Å². The lowest BCUT2D eigenvalue weighted by atomic mass is 9.89. The molecule has 2 nitrogen and oxygen atoms in total. The molecule has 2 heterocycles. The van der Waals surface area contributed by atoms with E-state index in [9.17, 15) is 4.79 Å². The molecule has 25 heavy (non-hydrogen) atoms. The number of hydrogen-bond donors (Lipinski definition) is 0. The predicted octanol–water partition coefficient (Wildman–Crippen LogP) is 5.03. The molecule has 3 aromatic rings. The summed E-state index contributed by atoms with van der Waals surface area (Å²) >= 11 is 0. The number of rotatable bonds is 0. The lowest BCUT2D eigenvalue weighted by Crippen LogP contribution is -2.27. The van der Waals surface area contributed by atoms with Gasteiger partial charge in [-0.3, -0.25) is 4.79 Å². The summed E-state index contributed by atoms with van der Waals surface area (Å²) in [6.45, 7) is 4.96. The highest BCUT2D eigenvalue weighted by Gasteiger charge is 2.40. The summed E-state index contributed by atoms with van der Waals surface area (Å²) in [5.74, 6) is 0.140. The summed E-state index contributed by atoms with van der Waals surface area (Å²) in [4.78, 5) is 15.1. The van der Waals surface area contributed by atoms with E-state index in [1.807, 2.05) is 23.1 Å². The van der Waals surface area contributed by atoms with Gasteiger partial charge in [0.15, 0.2) is 0 Å². The molecule has 122 valence electrons. The number of benzene rings is 3. The Hall–Kier alpha value is -2.87. The molecule has 0 bridgehead atoms. The minimum absolute atomic E-state index is 0.00733. The second-order valence-electron chi connectivity index (χ2n) is 7.10. The predicted molar refractivity (Wildman–Crippen MR) is 99.5 cm³/mol. The Morgan fingerprint density at radius 3 is 2.16 bits per heavy atom. The van der Waals surface area contributed by atoms with Crippen LogP contribution in [0.25, 0.3) is 11.1 Å². The third-order valence-electron chi connectivity index (χ3n) is 5.66. The molecule has 0 aliphatic carbocycles. The molecule has 1 unspecified atom stereocenters. The number of aryl methyl sites for hydroxylation is 2. The van der Waals surface area contributed by atoms with Crippen LogP contribution in [-0.2, 0) is 6.54 Å². The van der Waals surface area contributed by atoms with E-state index in [-0.39, 0.29) is 11.9 Å². The van der Waals surface area contributed by atoms with E-state index in [1.165, 1.54) is 33.4 Å². The highest BCUT2D eigenvalue weighted by molar-refractivity contribution is 6.00. The maximum Gasteiger partial charge on any atom is 0.255 e. The van der Waals surface area contributed by atoms with Crippen molar-refractivity contribution in [3.63, 3.8) is 0 Å². The van der Waals surface area contributed by atoms with Gasteiger partial charge < -0.3 is 4.90 Å². The Bertz CT molecular complexity index is 1030. The van der Waals surface area contributed by atoms with Gasteiger partial charge in [0, 0.05) is 12.1 Å². The zero-order valence-corrected chi connectivity index (χ0v) is 14.4. The van der Waals surface area contributed by atoms with E-state index in [0.717, 1.165) is 11.1 Å². The lowest BCUT2D eigenvalue weighted by molar-refractivity contribution is 0.0738. The van der Waals surface area contributed by atoms with E-state index in [0.29, 0.717) is 6.54 Å². The molecular formula is C23H19NO. The van der Waals surface area contributed by atoms with Gasteiger partial charge in [0.1, 0.15) is 0 Å². The Morgan fingerprint density at radius 1 is 0.800 bits per heavy atom. The fourth-order valence-electron chi connectivity index (χ4n) is 4.29. The molecule has 0 N–H and O–H groups in total. The topological polar surface area (TPSA) is 20.3 Å². The molecule has 2 aliphatic rings. The van der Waals surface area contributed by atoms with E-state index in [1.54, 1.807) is 0 Å². The van der Waals surface area contributed by atoms with Crippen molar-refractivity contribution in [2.45, 2.75) is 26.4 Å². The Labute approximate surface area is 147 Å². The third-order valence-corrected chi connectivity index (χ3v) is 5.66. The van der Waals surface area contributed by atoms with E-state index in [2.05, 4.69) is 56.3 Å². The minimum atomic E-state index is 0.00733. The minimum Gasteiger partial charge on any atom is -0.323 e. The Kier molecular flexibility index (Phi) is 2.93. The summed E-state index contributed by atoms with van der Waals surface area (Å²) in [5.41, 5.74) is 9.51. The fourth-order valence-corrected chi connectivity index (χ4v) is 4.29. The summed E-state index contributed by atoms with van der Waals surface area (Å²) in [6.07, 6.45) is 0. The standard InChI is InChI=1S/C23H19NO/c1-14-11-16-13-24-22(19-9-5-6-10-20(19)23(24)25)18-8-4-3-7-17(18)21(16)12-15(14)2/h3-12,22H,13H2,1-2H3. The van der Waals surface area contributed by atoms with Gasteiger partial charge in [-0.15, -0.1) is 0 Å². The van der Waals surface area contributed by atoms with E-state index < -0.39 is 0 Å². The highest BCUT2D eigenvalue weighted by atomic mass is 16.2. The maximum atomic E-state index is 13.1.